The lowest BCUT2D eigenvalue weighted by molar-refractivity contribution is 0.311. The number of anilines is 1. The highest BCUT2D eigenvalue weighted by atomic mass is 35.5. The SMILES string of the molecule is CN1CCN(c2ncc3nc(-c4ccc(Cl)cc4)c(=O)n(Cc4ccc(F)cc4)c3n2)CC1. The monoisotopic (exact) mass is 464 g/mol. The molecule has 1 fully saturated rings. The largest absolute Gasteiger partial charge is 0.338 e. The zero-order valence-corrected chi connectivity index (χ0v) is 18.8. The summed E-state index contributed by atoms with van der Waals surface area (Å²) in [7, 11) is 2.08. The molecule has 7 nitrogen and oxygen atoms in total. The zero-order chi connectivity index (χ0) is 22.9. The van der Waals surface area contributed by atoms with E-state index in [1.54, 1.807) is 47.2 Å². The van der Waals surface area contributed by atoms with Crippen LogP contribution in [0, 0.1) is 5.82 Å². The highest BCUT2D eigenvalue weighted by molar-refractivity contribution is 6.30. The summed E-state index contributed by atoms with van der Waals surface area (Å²) in [5.41, 5.74) is 2.41. The van der Waals surface area contributed by atoms with Crippen LogP contribution in [-0.2, 0) is 6.54 Å². The lowest BCUT2D eigenvalue weighted by Crippen LogP contribution is -2.45. The molecular weight excluding hydrogens is 443 g/mol. The van der Waals surface area contributed by atoms with E-state index in [1.165, 1.54) is 12.1 Å². The van der Waals surface area contributed by atoms with Gasteiger partial charge in [0, 0.05) is 36.8 Å². The van der Waals surface area contributed by atoms with E-state index in [2.05, 4.69) is 26.8 Å². The molecule has 1 saturated heterocycles. The van der Waals surface area contributed by atoms with Gasteiger partial charge in [0.15, 0.2) is 5.65 Å². The number of halogens is 2. The normalized spacial score (nSPS) is 14.7. The zero-order valence-electron chi connectivity index (χ0n) is 18.1. The van der Waals surface area contributed by atoms with Gasteiger partial charge in [0.25, 0.3) is 5.56 Å². The van der Waals surface area contributed by atoms with Crippen molar-refractivity contribution in [1.82, 2.24) is 24.4 Å². The van der Waals surface area contributed by atoms with Crippen molar-refractivity contribution in [3.63, 3.8) is 0 Å². The molecule has 0 N–H and O–H groups in total. The molecule has 0 radical (unpaired) electrons. The smallest absolute Gasteiger partial charge is 0.279 e. The summed E-state index contributed by atoms with van der Waals surface area (Å²) >= 11 is 6.02. The Balaban J connectivity index is 1.65. The Labute approximate surface area is 195 Å². The Morgan fingerprint density at radius 2 is 1.67 bits per heavy atom. The molecule has 0 atom stereocenters. The minimum atomic E-state index is -0.327. The summed E-state index contributed by atoms with van der Waals surface area (Å²) in [6.07, 6.45) is 1.66. The molecular formula is C24H22ClFN6O. The summed E-state index contributed by atoms with van der Waals surface area (Å²) in [6, 6.07) is 13.1. The van der Waals surface area contributed by atoms with E-state index in [0.717, 1.165) is 31.7 Å². The highest BCUT2D eigenvalue weighted by Crippen LogP contribution is 2.21. The topological polar surface area (TPSA) is 67.2 Å². The number of hydrogen-bond donors (Lipinski definition) is 0. The third-order valence-electron chi connectivity index (χ3n) is 5.83. The van der Waals surface area contributed by atoms with Crippen molar-refractivity contribution >= 4 is 28.7 Å². The van der Waals surface area contributed by atoms with Crippen LogP contribution in [-0.4, -0.2) is 57.6 Å². The molecule has 9 heteroatoms. The number of aromatic nitrogens is 4. The van der Waals surface area contributed by atoms with Crippen LogP contribution in [0.3, 0.4) is 0 Å². The lowest BCUT2D eigenvalue weighted by Gasteiger charge is -2.32. The third kappa shape index (κ3) is 4.44. The van der Waals surface area contributed by atoms with E-state index in [9.17, 15) is 9.18 Å². The molecule has 0 amide bonds. The fourth-order valence-corrected chi connectivity index (χ4v) is 4.03. The fraction of sp³-hybridized carbons (Fsp3) is 0.250. The van der Waals surface area contributed by atoms with Gasteiger partial charge in [0.05, 0.1) is 12.7 Å². The average molecular weight is 465 g/mol. The molecule has 1 aliphatic rings. The first-order valence-corrected chi connectivity index (χ1v) is 11.1. The summed E-state index contributed by atoms with van der Waals surface area (Å²) in [5, 5.41) is 0.575. The van der Waals surface area contributed by atoms with Crippen LogP contribution in [0.5, 0.6) is 0 Å². The number of nitrogens with zero attached hydrogens (tertiary/aromatic N) is 6. The van der Waals surface area contributed by atoms with Crippen molar-refractivity contribution in [3.8, 4) is 11.3 Å². The maximum Gasteiger partial charge on any atom is 0.279 e. The number of benzene rings is 2. The quantitative estimate of drug-likeness (QED) is 0.461. The maximum atomic E-state index is 13.6. The van der Waals surface area contributed by atoms with Gasteiger partial charge in [-0.1, -0.05) is 35.9 Å². The molecule has 33 heavy (non-hydrogen) atoms. The second kappa shape index (κ2) is 8.88. The van der Waals surface area contributed by atoms with Crippen LogP contribution in [0.15, 0.2) is 59.5 Å². The van der Waals surface area contributed by atoms with Gasteiger partial charge in [-0.15, -0.1) is 0 Å². The Bertz CT molecular complexity index is 1350. The van der Waals surface area contributed by atoms with E-state index in [-0.39, 0.29) is 23.6 Å². The average Bonchev–Trinajstić information content (AvgIpc) is 2.83. The summed E-state index contributed by atoms with van der Waals surface area (Å²) in [5.74, 6) is 0.246. The second-order valence-electron chi connectivity index (χ2n) is 8.15. The Morgan fingerprint density at radius 1 is 0.970 bits per heavy atom. The number of fused-ring (bicyclic) bond motifs is 1. The first kappa shape index (κ1) is 21.5. The molecule has 0 saturated carbocycles. The van der Waals surface area contributed by atoms with E-state index < -0.39 is 0 Å². The van der Waals surface area contributed by atoms with Crippen LogP contribution < -0.4 is 10.5 Å². The Kier molecular flexibility index (Phi) is 5.78. The minimum Gasteiger partial charge on any atom is -0.338 e. The van der Waals surface area contributed by atoms with Gasteiger partial charge in [0.1, 0.15) is 17.0 Å². The molecule has 0 aliphatic carbocycles. The summed E-state index contributed by atoms with van der Waals surface area (Å²) in [4.78, 5) is 31.8. The van der Waals surface area contributed by atoms with Gasteiger partial charge in [-0.3, -0.25) is 9.36 Å². The van der Waals surface area contributed by atoms with Gasteiger partial charge < -0.3 is 9.80 Å². The fourth-order valence-electron chi connectivity index (χ4n) is 3.90. The van der Waals surface area contributed by atoms with Gasteiger partial charge in [-0.05, 0) is 36.9 Å². The molecule has 3 heterocycles. The van der Waals surface area contributed by atoms with Crippen molar-refractivity contribution in [2.45, 2.75) is 6.54 Å². The first-order valence-electron chi connectivity index (χ1n) is 10.7. The number of rotatable bonds is 4. The number of piperazine rings is 1. The van der Waals surface area contributed by atoms with Gasteiger partial charge in [-0.2, -0.15) is 4.98 Å². The van der Waals surface area contributed by atoms with Crippen molar-refractivity contribution in [3.05, 3.63) is 81.5 Å². The molecule has 2 aromatic carbocycles. The molecule has 1 aliphatic heterocycles. The predicted octanol–water partition coefficient (Wildman–Crippen LogP) is 3.45. The number of likely N-dealkylation sites (N-methyl/N-ethyl adjacent to an activating group) is 1. The van der Waals surface area contributed by atoms with Gasteiger partial charge in [-0.25, -0.2) is 14.4 Å². The predicted molar refractivity (Wildman–Crippen MR) is 127 cm³/mol. The molecule has 168 valence electrons. The standard InChI is InChI=1S/C24H22ClFN6O/c1-30-10-12-31(13-11-30)24-27-14-20-22(29-24)32(15-16-2-8-19(26)9-3-16)23(33)21(28-20)17-4-6-18(25)7-5-17/h2-9,14H,10-13,15H2,1H3. The van der Waals surface area contributed by atoms with E-state index in [4.69, 9.17) is 16.6 Å². The first-order chi connectivity index (χ1) is 16.0. The van der Waals surface area contributed by atoms with E-state index in [1.807, 2.05) is 0 Å². The lowest BCUT2D eigenvalue weighted by atomic mass is 10.1. The van der Waals surface area contributed by atoms with Crippen molar-refractivity contribution < 1.29 is 4.39 Å². The van der Waals surface area contributed by atoms with Gasteiger partial charge in [0.2, 0.25) is 5.95 Å². The third-order valence-corrected chi connectivity index (χ3v) is 6.08. The molecule has 5 rings (SSSR count). The van der Waals surface area contributed by atoms with Crippen LogP contribution >= 0.6 is 11.6 Å². The Morgan fingerprint density at radius 3 is 2.36 bits per heavy atom. The molecule has 0 spiro atoms. The van der Waals surface area contributed by atoms with Crippen LogP contribution in [0.1, 0.15) is 5.56 Å². The molecule has 0 bridgehead atoms. The summed E-state index contributed by atoms with van der Waals surface area (Å²) < 4.78 is 15.0. The summed E-state index contributed by atoms with van der Waals surface area (Å²) in [6.45, 7) is 3.67. The van der Waals surface area contributed by atoms with Crippen LogP contribution in [0.25, 0.3) is 22.4 Å². The minimum absolute atomic E-state index is 0.234. The molecule has 0 unspecified atom stereocenters. The highest BCUT2D eigenvalue weighted by Gasteiger charge is 2.20. The molecule has 4 aromatic rings. The van der Waals surface area contributed by atoms with E-state index in [0.29, 0.717) is 27.7 Å². The van der Waals surface area contributed by atoms with Gasteiger partial charge >= 0.3 is 0 Å². The van der Waals surface area contributed by atoms with Crippen molar-refractivity contribution in [2.75, 3.05) is 38.1 Å². The Hall–Kier alpha value is -3.36. The molecule has 2 aromatic heterocycles. The van der Waals surface area contributed by atoms with Crippen LogP contribution in [0.4, 0.5) is 10.3 Å². The van der Waals surface area contributed by atoms with E-state index >= 15 is 0 Å². The van der Waals surface area contributed by atoms with Crippen LogP contribution in [0.2, 0.25) is 5.02 Å². The van der Waals surface area contributed by atoms with Crippen molar-refractivity contribution in [1.29, 1.82) is 0 Å². The van der Waals surface area contributed by atoms with Crippen molar-refractivity contribution in [2.24, 2.45) is 0 Å². The second-order valence-corrected chi connectivity index (χ2v) is 8.59. The maximum absolute atomic E-state index is 13.6. The number of hydrogen-bond acceptors (Lipinski definition) is 6.